The van der Waals surface area contributed by atoms with Gasteiger partial charge in [-0.05, 0) is 175 Å². The van der Waals surface area contributed by atoms with Gasteiger partial charge in [-0.2, -0.15) is 0 Å². The van der Waals surface area contributed by atoms with Crippen LogP contribution in [0.3, 0.4) is 0 Å². The van der Waals surface area contributed by atoms with Gasteiger partial charge in [-0.25, -0.2) is 0 Å². The number of para-hydroxylation sites is 3. The van der Waals surface area contributed by atoms with Gasteiger partial charge in [0.05, 0.1) is 11.0 Å². The molecule has 3 nitrogen and oxygen atoms in total. The standard InChI is InChI=1S/C74H55N3/c1-73(2)65-26-16-14-24-59(65)61-38-36-55(46-67(61)73)75(50-18-8-5-9-19-50)53-32-28-48(29-33-53)57-42-44-69-71-63(57)40-41-64-58(43-45-70(72(64)71)77(69)52-22-12-7-13-23-52)49-30-34-54(35-31-49)76(51-20-10-6-11-21-51)56-37-39-62-60-25-15-17-27-66(60)74(3,4)68(62)47-56/h5-47H,1-4H3. The lowest BCUT2D eigenvalue weighted by Gasteiger charge is -2.28. The van der Waals surface area contributed by atoms with E-state index in [1.54, 1.807) is 0 Å². The van der Waals surface area contributed by atoms with E-state index in [1.165, 1.54) is 99.3 Å². The molecule has 0 N–H and O–H groups in total. The van der Waals surface area contributed by atoms with E-state index in [-0.39, 0.29) is 10.8 Å². The molecule has 0 bridgehead atoms. The molecular weight excluding hydrogens is 931 g/mol. The number of hydrogen-bond donors (Lipinski definition) is 0. The molecule has 0 amide bonds. The lowest BCUT2D eigenvalue weighted by molar-refractivity contribution is 0.660. The molecule has 0 radical (unpaired) electrons. The van der Waals surface area contributed by atoms with Crippen LogP contribution in [0.4, 0.5) is 34.1 Å². The van der Waals surface area contributed by atoms with Gasteiger partial charge in [0.15, 0.2) is 0 Å². The first kappa shape index (κ1) is 45.0. The third-order valence-corrected chi connectivity index (χ3v) is 17.2. The highest BCUT2D eigenvalue weighted by Crippen LogP contribution is 2.53. The molecule has 0 spiro atoms. The highest BCUT2D eigenvalue weighted by molar-refractivity contribution is 6.28. The van der Waals surface area contributed by atoms with Crippen LogP contribution in [0.2, 0.25) is 0 Å². The molecule has 12 aromatic carbocycles. The molecule has 0 saturated heterocycles. The normalized spacial score (nSPS) is 13.7. The zero-order chi connectivity index (χ0) is 51.6. The Labute approximate surface area is 450 Å². The Hall–Kier alpha value is -9.44. The smallest absolute Gasteiger partial charge is 0.0547 e. The average molecular weight is 986 g/mol. The van der Waals surface area contributed by atoms with Gasteiger partial charge < -0.3 is 14.4 Å². The molecule has 3 heteroatoms. The maximum Gasteiger partial charge on any atom is 0.0547 e. The highest BCUT2D eigenvalue weighted by atomic mass is 15.1. The average Bonchev–Trinajstić information content (AvgIpc) is 4.11. The lowest BCUT2D eigenvalue weighted by atomic mass is 9.82. The van der Waals surface area contributed by atoms with Gasteiger partial charge in [0.2, 0.25) is 0 Å². The van der Waals surface area contributed by atoms with Crippen LogP contribution in [0.25, 0.3) is 82.8 Å². The first-order valence-electron chi connectivity index (χ1n) is 27.0. The number of aromatic nitrogens is 1. The molecule has 2 aliphatic carbocycles. The van der Waals surface area contributed by atoms with E-state index < -0.39 is 0 Å². The minimum Gasteiger partial charge on any atom is -0.310 e. The third-order valence-electron chi connectivity index (χ3n) is 17.2. The van der Waals surface area contributed by atoms with E-state index in [9.17, 15) is 0 Å². The molecule has 13 aromatic rings. The number of fused-ring (bicyclic) bond motifs is 6. The van der Waals surface area contributed by atoms with Gasteiger partial charge in [0, 0.05) is 61.4 Å². The number of nitrogens with zero attached hydrogens (tertiary/aromatic N) is 3. The number of hydrogen-bond acceptors (Lipinski definition) is 2. The molecule has 2 aliphatic rings. The summed E-state index contributed by atoms with van der Waals surface area (Å²) in [6.45, 7) is 9.42. The van der Waals surface area contributed by atoms with Crippen molar-refractivity contribution in [1.29, 1.82) is 0 Å². The molecule has 0 atom stereocenters. The minimum atomic E-state index is -0.100. The second-order valence-electron chi connectivity index (χ2n) is 22.1. The zero-order valence-electron chi connectivity index (χ0n) is 43.7. The van der Waals surface area contributed by atoms with Crippen LogP contribution in [-0.2, 0) is 10.8 Å². The molecule has 0 aliphatic heterocycles. The van der Waals surface area contributed by atoms with Crippen molar-refractivity contribution < 1.29 is 0 Å². The van der Waals surface area contributed by atoms with Crippen molar-refractivity contribution in [2.24, 2.45) is 0 Å². The third kappa shape index (κ3) is 6.83. The predicted octanol–water partition coefficient (Wildman–Crippen LogP) is 20.3. The van der Waals surface area contributed by atoms with E-state index in [4.69, 9.17) is 0 Å². The Morgan fingerprint density at radius 2 is 0.610 bits per heavy atom. The van der Waals surface area contributed by atoms with Gasteiger partial charge in [-0.15, -0.1) is 0 Å². The van der Waals surface area contributed by atoms with Crippen LogP contribution in [-0.4, -0.2) is 4.57 Å². The lowest BCUT2D eigenvalue weighted by Crippen LogP contribution is -2.16. The van der Waals surface area contributed by atoms with Crippen molar-refractivity contribution in [3.05, 3.63) is 283 Å². The Kier molecular flexibility index (Phi) is 9.96. The fourth-order valence-corrected chi connectivity index (χ4v) is 13.4. The van der Waals surface area contributed by atoms with Crippen LogP contribution in [0.1, 0.15) is 49.9 Å². The summed E-state index contributed by atoms with van der Waals surface area (Å²) in [6, 6.07) is 96.7. The van der Waals surface area contributed by atoms with E-state index in [0.717, 1.165) is 39.8 Å². The first-order chi connectivity index (χ1) is 37.7. The van der Waals surface area contributed by atoms with Crippen LogP contribution < -0.4 is 9.80 Å². The second-order valence-corrected chi connectivity index (χ2v) is 22.1. The van der Waals surface area contributed by atoms with Crippen molar-refractivity contribution in [3.8, 4) is 50.2 Å². The van der Waals surface area contributed by atoms with Gasteiger partial charge in [0.1, 0.15) is 0 Å². The Bertz CT molecular complexity index is 4150. The zero-order valence-corrected chi connectivity index (χ0v) is 43.7. The summed E-state index contributed by atoms with van der Waals surface area (Å²) in [5, 5.41) is 5.06. The highest BCUT2D eigenvalue weighted by Gasteiger charge is 2.37. The summed E-state index contributed by atoms with van der Waals surface area (Å²) in [5.41, 5.74) is 25.8. The molecule has 77 heavy (non-hydrogen) atoms. The summed E-state index contributed by atoms with van der Waals surface area (Å²) in [5.74, 6) is 0. The van der Waals surface area contributed by atoms with Crippen molar-refractivity contribution in [2.45, 2.75) is 38.5 Å². The Morgan fingerprint density at radius 3 is 1.04 bits per heavy atom. The van der Waals surface area contributed by atoms with Gasteiger partial charge >= 0.3 is 0 Å². The summed E-state index contributed by atoms with van der Waals surface area (Å²) >= 11 is 0. The van der Waals surface area contributed by atoms with Gasteiger partial charge in [-0.1, -0.05) is 191 Å². The van der Waals surface area contributed by atoms with Crippen molar-refractivity contribution in [3.63, 3.8) is 0 Å². The monoisotopic (exact) mass is 985 g/mol. The van der Waals surface area contributed by atoms with Crippen LogP contribution >= 0.6 is 0 Å². The molecule has 0 saturated carbocycles. The maximum atomic E-state index is 2.45. The largest absolute Gasteiger partial charge is 0.310 e. The summed E-state index contributed by atoms with van der Waals surface area (Å²) in [4.78, 5) is 4.80. The summed E-state index contributed by atoms with van der Waals surface area (Å²) in [6.07, 6.45) is 0. The SMILES string of the molecule is CC1(C)c2ccccc2-c2ccc(N(c3ccccc3)c3ccc(-c4ccc5c6c4ccc4c(-c7ccc(N(c8ccccc8)c8ccc9c(c8)C(C)(C)c8ccccc8-9)cc7)ccc(c46)n5-c4ccccc4)cc3)cc21. The second kappa shape index (κ2) is 17.0. The molecule has 1 aromatic heterocycles. The van der Waals surface area contributed by atoms with Gasteiger partial charge in [0.25, 0.3) is 0 Å². The maximum absolute atomic E-state index is 2.45. The van der Waals surface area contributed by atoms with Crippen LogP contribution in [0.5, 0.6) is 0 Å². The summed E-state index contributed by atoms with van der Waals surface area (Å²) in [7, 11) is 0. The Morgan fingerprint density at radius 1 is 0.273 bits per heavy atom. The molecule has 15 rings (SSSR count). The number of benzene rings is 12. The first-order valence-corrected chi connectivity index (χ1v) is 27.0. The van der Waals surface area contributed by atoms with E-state index in [1.807, 2.05) is 0 Å². The van der Waals surface area contributed by atoms with Crippen LogP contribution in [0, 0.1) is 0 Å². The van der Waals surface area contributed by atoms with Crippen molar-refractivity contribution in [2.75, 3.05) is 9.80 Å². The van der Waals surface area contributed by atoms with Gasteiger partial charge in [-0.3, -0.25) is 0 Å². The molecule has 0 fully saturated rings. The summed E-state index contributed by atoms with van der Waals surface area (Å²) < 4.78 is 2.45. The van der Waals surface area contributed by atoms with Crippen LogP contribution in [0.15, 0.2) is 261 Å². The molecular formula is C74H55N3. The predicted molar refractivity (Wildman–Crippen MR) is 325 cm³/mol. The number of rotatable bonds is 9. The molecule has 366 valence electrons. The minimum absolute atomic E-state index is 0.100. The number of anilines is 6. The molecule has 1 heterocycles. The fourth-order valence-electron chi connectivity index (χ4n) is 13.4. The van der Waals surface area contributed by atoms with Crippen molar-refractivity contribution in [1.82, 2.24) is 4.57 Å². The van der Waals surface area contributed by atoms with E-state index in [2.05, 4.69) is 303 Å². The molecule has 0 unspecified atom stereocenters. The van der Waals surface area contributed by atoms with Crippen molar-refractivity contribution >= 4 is 66.7 Å². The van der Waals surface area contributed by atoms with E-state index >= 15 is 0 Å². The fraction of sp³-hybridized carbons (Fsp3) is 0.0811. The quantitative estimate of drug-likeness (QED) is 0.134. The topological polar surface area (TPSA) is 11.4 Å². The Balaban J connectivity index is 0.826. The van der Waals surface area contributed by atoms with E-state index in [0.29, 0.717) is 0 Å².